The van der Waals surface area contributed by atoms with Crippen LogP contribution in [0.5, 0.6) is 0 Å². The van der Waals surface area contributed by atoms with Gasteiger partial charge in [0.2, 0.25) is 0 Å². The maximum atomic E-state index is 2.47. The molecule has 0 radical (unpaired) electrons. The van der Waals surface area contributed by atoms with Gasteiger partial charge in [-0.2, -0.15) is 10.0 Å². The molecule has 0 amide bonds. The summed E-state index contributed by atoms with van der Waals surface area (Å²) in [6.07, 6.45) is 10.9. The number of allylic oxidation sites excluding steroid dienone is 3. The van der Waals surface area contributed by atoms with Crippen LogP contribution in [-0.2, 0) is 0 Å². The summed E-state index contributed by atoms with van der Waals surface area (Å²) < 4.78 is 0.269. The maximum absolute atomic E-state index is 2.47. The third-order valence-electron chi connectivity index (χ3n) is 4.19. The fraction of sp³-hybridized carbons (Fsp3) is 0.444. The Labute approximate surface area is 119 Å². The van der Waals surface area contributed by atoms with Crippen molar-refractivity contribution in [2.75, 3.05) is 6.26 Å². The largest absolute Gasteiger partial charge is 0.186 e. The standard InChI is InChI=1S/C18H26S/c1-15-11-13-17(14-12-15)19(5,18(2,3)4)16-9-7-6-8-10-16/h6-11,13-15H,12H2,1-5H3. The zero-order chi connectivity index (χ0) is 14.1. The van der Waals surface area contributed by atoms with Crippen molar-refractivity contribution >= 4 is 10.0 Å². The second-order valence-electron chi connectivity index (χ2n) is 6.52. The van der Waals surface area contributed by atoms with Crippen molar-refractivity contribution in [3.8, 4) is 0 Å². The van der Waals surface area contributed by atoms with Crippen LogP contribution in [0.4, 0.5) is 0 Å². The van der Waals surface area contributed by atoms with Gasteiger partial charge in [0, 0.05) is 0 Å². The molecule has 19 heavy (non-hydrogen) atoms. The van der Waals surface area contributed by atoms with E-state index in [9.17, 15) is 0 Å². The molecule has 1 aliphatic rings. The Bertz CT molecular complexity index is 490. The summed E-state index contributed by atoms with van der Waals surface area (Å²) in [7, 11) is -0.985. The van der Waals surface area contributed by atoms with E-state index in [0.29, 0.717) is 5.92 Å². The second-order valence-corrected chi connectivity index (χ2v) is 10.5. The van der Waals surface area contributed by atoms with Gasteiger partial charge in [0.15, 0.2) is 0 Å². The average molecular weight is 274 g/mol. The van der Waals surface area contributed by atoms with Gasteiger partial charge < -0.3 is 0 Å². The van der Waals surface area contributed by atoms with Crippen molar-refractivity contribution in [2.45, 2.75) is 43.8 Å². The van der Waals surface area contributed by atoms with E-state index >= 15 is 0 Å². The smallest absolute Gasteiger partial charge is 0.000794 e. The summed E-state index contributed by atoms with van der Waals surface area (Å²) in [4.78, 5) is 3.04. The van der Waals surface area contributed by atoms with Crippen LogP contribution < -0.4 is 0 Å². The molecule has 0 spiro atoms. The average Bonchev–Trinajstić information content (AvgIpc) is 2.38. The summed E-state index contributed by atoms with van der Waals surface area (Å²) >= 11 is 0. The zero-order valence-electron chi connectivity index (χ0n) is 12.8. The molecule has 104 valence electrons. The first kappa shape index (κ1) is 14.5. The lowest BCUT2D eigenvalue weighted by molar-refractivity contribution is 0.733. The molecule has 0 aliphatic heterocycles. The van der Waals surface area contributed by atoms with Gasteiger partial charge in [-0.15, -0.1) is 0 Å². The first-order chi connectivity index (χ1) is 8.85. The van der Waals surface area contributed by atoms with E-state index in [0.717, 1.165) is 0 Å². The Kier molecular flexibility index (Phi) is 3.96. The van der Waals surface area contributed by atoms with Gasteiger partial charge in [-0.05, 0) is 45.3 Å². The van der Waals surface area contributed by atoms with Crippen LogP contribution in [-0.4, -0.2) is 11.0 Å². The van der Waals surface area contributed by atoms with Crippen LogP contribution in [0.1, 0.15) is 34.1 Å². The lowest BCUT2D eigenvalue weighted by Gasteiger charge is -2.50. The predicted molar refractivity (Wildman–Crippen MR) is 89.0 cm³/mol. The molecule has 0 aromatic heterocycles. The fourth-order valence-corrected chi connectivity index (χ4v) is 5.71. The zero-order valence-corrected chi connectivity index (χ0v) is 13.6. The van der Waals surface area contributed by atoms with E-state index in [1.807, 2.05) is 0 Å². The Hall–Kier alpha value is -0.950. The van der Waals surface area contributed by atoms with Crippen LogP contribution in [0.25, 0.3) is 0 Å². The molecular formula is C18H26S. The van der Waals surface area contributed by atoms with Gasteiger partial charge in [0.05, 0.1) is 0 Å². The summed E-state index contributed by atoms with van der Waals surface area (Å²) in [5.41, 5.74) is 0. The maximum Gasteiger partial charge on any atom is -0.000794 e. The first-order valence-electron chi connectivity index (χ1n) is 7.07. The van der Waals surface area contributed by atoms with Crippen molar-refractivity contribution in [2.24, 2.45) is 5.92 Å². The van der Waals surface area contributed by atoms with E-state index in [1.54, 1.807) is 4.91 Å². The highest BCUT2D eigenvalue weighted by Crippen LogP contribution is 2.68. The van der Waals surface area contributed by atoms with Crippen molar-refractivity contribution in [3.63, 3.8) is 0 Å². The van der Waals surface area contributed by atoms with Crippen LogP contribution in [0.3, 0.4) is 0 Å². The molecule has 0 fully saturated rings. The minimum atomic E-state index is -0.985. The molecule has 0 nitrogen and oxygen atoms in total. The van der Waals surface area contributed by atoms with E-state index in [4.69, 9.17) is 0 Å². The van der Waals surface area contributed by atoms with E-state index in [2.05, 4.69) is 82.5 Å². The highest BCUT2D eigenvalue weighted by Gasteiger charge is 2.36. The van der Waals surface area contributed by atoms with Crippen LogP contribution in [0.2, 0.25) is 0 Å². The van der Waals surface area contributed by atoms with Crippen LogP contribution in [0, 0.1) is 5.92 Å². The molecule has 1 aromatic rings. The Morgan fingerprint density at radius 1 is 1.11 bits per heavy atom. The molecule has 2 unspecified atom stereocenters. The molecule has 2 rings (SSSR count). The van der Waals surface area contributed by atoms with Gasteiger partial charge in [0.25, 0.3) is 0 Å². The topological polar surface area (TPSA) is 0 Å². The molecule has 0 saturated carbocycles. The lowest BCUT2D eigenvalue weighted by atomic mass is 10.0. The van der Waals surface area contributed by atoms with Gasteiger partial charge in [0.1, 0.15) is 0 Å². The highest BCUT2D eigenvalue weighted by molar-refractivity contribution is 8.37. The molecule has 0 saturated heterocycles. The first-order valence-corrected chi connectivity index (χ1v) is 9.11. The lowest BCUT2D eigenvalue weighted by Crippen LogP contribution is -2.26. The van der Waals surface area contributed by atoms with E-state index < -0.39 is 10.0 Å². The van der Waals surface area contributed by atoms with Crippen molar-refractivity contribution in [3.05, 3.63) is 53.5 Å². The number of hydrogen-bond donors (Lipinski definition) is 0. The number of hydrogen-bond acceptors (Lipinski definition) is 0. The monoisotopic (exact) mass is 274 g/mol. The van der Waals surface area contributed by atoms with Crippen molar-refractivity contribution < 1.29 is 0 Å². The molecule has 0 heterocycles. The minimum absolute atomic E-state index is 0.269. The summed E-state index contributed by atoms with van der Waals surface area (Å²) in [5.74, 6) is 0.683. The van der Waals surface area contributed by atoms with Crippen LogP contribution in [0.15, 0.2) is 58.4 Å². The molecule has 1 aliphatic carbocycles. The third kappa shape index (κ3) is 2.67. The molecule has 1 heteroatoms. The Balaban J connectivity index is 2.52. The highest BCUT2D eigenvalue weighted by atomic mass is 32.3. The Morgan fingerprint density at radius 2 is 1.74 bits per heavy atom. The van der Waals surface area contributed by atoms with Gasteiger partial charge in [-0.3, -0.25) is 0 Å². The number of benzene rings is 1. The van der Waals surface area contributed by atoms with Crippen molar-refractivity contribution in [1.29, 1.82) is 0 Å². The SMILES string of the molecule is CC1C=CC(S(C)(c2ccccc2)C(C)(C)C)=CC1. The second kappa shape index (κ2) is 5.20. The van der Waals surface area contributed by atoms with E-state index in [1.165, 1.54) is 11.3 Å². The minimum Gasteiger partial charge on any atom is -0.186 e. The summed E-state index contributed by atoms with van der Waals surface area (Å²) in [5, 5.41) is 0. The summed E-state index contributed by atoms with van der Waals surface area (Å²) in [6.45, 7) is 9.42. The number of rotatable bonds is 2. The van der Waals surface area contributed by atoms with Gasteiger partial charge in [-0.1, -0.05) is 64.1 Å². The Morgan fingerprint density at radius 3 is 2.21 bits per heavy atom. The molecule has 0 bridgehead atoms. The normalized spacial score (nSPS) is 24.5. The molecule has 1 aromatic carbocycles. The van der Waals surface area contributed by atoms with Crippen molar-refractivity contribution in [1.82, 2.24) is 0 Å². The third-order valence-corrected chi connectivity index (χ3v) is 9.10. The van der Waals surface area contributed by atoms with Crippen LogP contribution >= 0.6 is 10.0 Å². The summed E-state index contributed by atoms with van der Waals surface area (Å²) in [6, 6.07) is 11.0. The van der Waals surface area contributed by atoms with E-state index in [-0.39, 0.29) is 4.75 Å². The molecular weight excluding hydrogens is 248 g/mol. The predicted octanol–water partition coefficient (Wildman–Crippen LogP) is 5.76. The van der Waals surface area contributed by atoms with Gasteiger partial charge in [-0.25, -0.2) is 0 Å². The van der Waals surface area contributed by atoms with Gasteiger partial charge >= 0.3 is 0 Å². The quantitative estimate of drug-likeness (QED) is 0.643. The fourth-order valence-electron chi connectivity index (χ4n) is 2.55. The molecule has 2 atom stereocenters. The molecule has 0 N–H and O–H groups in total.